The largest absolute Gasteiger partial charge is 0.387 e. The first-order valence-corrected chi connectivity index (χ1v) is 4.63. The molecule has 0 bridgehead atoms. The Kier molecular flexibility index (Phi) is 3.24. The van der Waals surface area contributed by atoms with Crippen molar-refractivity contribution in [2.75, 3.05) is 0 Å². The van der Waals surface area contributed by atoms with Gasteiger partial charge in [0, 0.05) is 11.6 Å². The summed E-state index contributed by atoms with van der Waals surface area (Å²) in [6.07, 6.45) is -0.936. The molecule has 2 nitrogen and oxygen atoms in total. The van der Waals surface area contributed by atoms with Crippen LogP contribution in [0.25, 0.3) is 0 Å². The predicted octanol–water partition coefficient (Wildman–Crippen LogP) is 1.82. The highest BCUT2D eigenvalue weighted by Gasteiger charge is 2.18. The van der Waals surface area contributed by atoms with Crippen molar-refractivity contribution >= 4 is 0 Å². The molecule has 0 amide bonds. The van der Waals surface area contributed by atoms with Gasteiger partial charge < -0.3 is 10.8 Å². The fourth-order valence-electron chi connectivity index (χ4n) is 1.48. The molecule has 0 aliphatic heterocycles. The number of rotatable bonds is 2. The van der Waals surface area contributed by atoms with Crippen molar-refractivity contribution in [1.29, 1.82) is 0 Å². The molecule has 0 fully saturated rings. The van der Waals surface area contributed by atoms with Crippen molar-refractivity contribution in [3.63, 3.8) is 0 Å². The number of hydrogen-bond donors (Lipinski definition) is 2. The maximum atomic E-state index is 13.6. The van der Waals surface area contributed by atoms with Gasteiger partial charge in [-0.1, -0.05) is 17.7 Å². The Bertz CT molecular complexity index is 336. The SMILES string of the molecule is Cc1cc(C)c(F)c(C(O)C(C)N)c1. The van der Waals surface area contributed by atoms with Gasteiger partial charge >= 0.3 is 0 Å². The number of aliphatic hydroxyl groups excluding tert-OH is 1. The second kappa shape index (κ2) is 4.07. The third-order valence-electron chi connectivity index (χ3n) is 2.24. The molecule has 0 spiro atoms. The van der Waals surface area contributed by atoms with E-state index in [4.69, 9.17) is 5.73 Å². The number of nitrogens with two attached hydrogens (primary N) is 1. The molecule has 0 aromatic heterocycles. The van der Waals surface area contributed by atoms with Gasteiger partial charge in [-0.25, -0.2) is 4.39 Å². The zero-order valence-corrected chi connectivity index (χ0v) is 8.71. The van der Waals surface area contributed by atoms with Gasteiger partial charge in [0.1, 0.15) is 5.82 Å². The highest BCUT2D eigenvalue weighted by molar-refractivity contribution is 5.32. The van der Waals surface area contributed by atoms with E-state index in [-0.39, 0.29) is 11.4 Å². The van der Waals surface area contributed by atoms with Crippen LogP contribution in [0.1, 0.15) is 29.7 Å². The molecule has 2 atom stereocenters. The first-order chi connectivity index (χ1) is 6.43. The summed E-state index contributed by atoms with van der Waals surface area (Å²) >= 11 is 0. The van der Waals surface area contributed by atoms with E-state index in [1.165, 1.54) is 0 Å². The number of aliphatic hydroxyl groups is 1. The van der Waals surface area contributed by atoms with Crippen molar-refractivity contribution in [2.24, 2.45) is 5.73 Å². The lowest BCUT2D eigenvalue weighted by Crippen LogP contribution is -2.25. The molecule has 3 heteroatoms. The van der Waals surface area contributed by atoms with Crippen LogP contribution in [-0.2, 0) is 0 Å². The quantitative estimate of drug-likeness (QED) is 0.759. The molecular weight excluding hydrogens is 181 g/mol. The summed E-state index contributed by atoms with van der Waals surface area (Å²) in [5, 5.41) is 9.66. The minimum Gasteiger partial charge on any atom is -0.387 e. The van der Waals surface area contributed by atoms with Crippen molar-refractivity contribution in [1.82, 2.24) is 0 Å². The first-order valence-electron chi connectivity index (χ1n) is 4.63. The lowest BCUT2D eigenvalue weighted by atomic mass is 9.99. The maximum absolute atomic E-state index is 13.6. The summed E-state index contributed by atoms with van der Waals surface area (Å²) in [4.78, 5) is 0. The maximum Gasteiger partial charge on any atom is 0.131 e. The third-order valence-corrected chi connectivity index (χ3v) is 2.24. The number of hydrogen-bond acceptors (Lipinski definition) is 2. The molecule has 0 radical (unpaired) electrons. The standard InChI is InChI=1S/C11H16FNO/c1-6-4-7(2)10(12)9(5-6)11(14)8(3)13/h4-5,8,11,14H,13H2,1-3H3. The van der Waals surface area contributed by atoms with Crippen LogP contribution in [0.3, 0.4) is 0 Å². The van der Waals surface area contributed by atoms with Crippen molar-refractivity contribution in [3.05, 3.63) is 34.6 Å². The summed E-state index contributed by atoms with van der Waals surface area (Å²) in [5.41, 5.74) is 7.28. The molecule has 0 saturated carbocycles. The minimum atomic E-state index is -0.936. The van der Waals surface area contributed by atoms with Gasteiger partial charge in [0.15, 0.2) is 0 Å². The average molecular weight is 197 g/mol. The Labute approximate surface area is 83.6 Å². The van der Waals surface area contributed by atoms with Crippen LogP contribution in [0.5, 0.6) is 0 Å². The molecule has 0 heterocycles. The predicted molar refractivity (Wildman–Crippen MR) is 54.5 cm³/mol. The van der Waals surface area contributed by atoms with Crippen LogP contribution in [0, 0.1) is 19.7 Å². The Morgan fingerprint density at radius 3 is 2.43 bits per heavy atom. The van der Waals surface area contributed by atoms with E-state index in [0.29, 0.717) is 5.56 Å². The van der Waals surface area contributed by atoms with Crippen LogP contribution in [0.4, 0.5) is 4.39 Å². The minimum absolute atomic E-state index is 0.289. The van der Waals surface area contributed by atoms with Gasteiger partial charge in [-0.3, -0.25) is 0 Å². The molecule has 78 valence electrons. The van der Waals surface area contributed by atoms with Crippen LogP contribution < -0.4 is 5.73 Å². The van der Waals surface area contributed by atoms with Crippen molar-refractivity contribution in [2.45, 2.75) is 32.9 Å². The molecule has 0 aliphatic carbocycles. The molecule has 14 heavy (non-hydrogen) atoms. The van der Waals surface area contributed by atoms with Crippen LogP contribution in [0.15, 0.2) is 12.1 Å². The molecule has 3 N–H and O–H groups in total. The molecule has 1 aromatic rings. The van der Waals surface area contributed by atoms with Crippen molar-refractivity contribution in [3.8, 4) is 0 Å². The summed E-state index contributed by atoms with van der Waals surface area (Å²) in [6, 6.07) is 2.91. The Hall–Kier alpha value is -0.930. The van der Waals surface area contributed by atoms with Crippen LogP contribution in [0.2, 0.25) is 0 Å². The van der Waals surface area contributed by atoms with Gasteiger partial charge in [0.25, 0.3) is 0 Å². The Morgan fingerprint density at radius 2 is 1.93 bits per heavy atom. The topological polar surface area (TPSA) is 46.2 Å². The van der Waals surface area contributed by atoms with E-state index < -0.39 is 12.1 Å². The molecular formula is C11H16FNO. The van der Waals surface area contributed by atoms with Gasteiger partial charge in [-0.15, -0.1) is 0 Å². The van der Waals surface area contributed by atoms with Gasteiger partial charge in [0.05, 0.1) is 6.10 Å². The third kappa shape index (κ3) is 2.11. The van der Waals surface area contributed by atoms with E-state index in [0.717, 1.165) is 5.56 Å². The molecule has 1 rings (SSSR count). The van der Waals surface area contributed by atoms with Crippen LogP contribution >= 0.6 is 0 Å². The molecule has 0 aliphatic rings. The average Bonchev–Trinajstić information content (AvgIpc) is 2.09. The van der Waals surface area contributed by atoms with E-state index in [1.54, 1.807) is 26.0 Å². The lowest BCUT2D eigenvalue weighted by molar-refractivity contribution is 0.148. The van der Waals surface area contributed by atoms with E-state index in [9.17, 15) is 9.50 Å². The fraction of sp³-hybridized carbons (Fsp3) is 0.455. The smallest absolute Gasteiger partial charge is 0.131 e. The van der Waals surface area contributed by atoms with E-state index in [2.05, 4.69) is 0 Å². The summed E-state index contributed by atoms with van der Waals surface area (Å²) in [5.74, 6) is -0.361. The number of aryl methyl sites for hydroxylation is 2. The molecule has 0 saturated heterocycles. The molecule has 2 unspecified atom stereocenters. The normalized spacial score (nSPS) is 15.3. The zero-order chi connectivity index (χ0) is 10.9. The summed E-state index contributed by atoms with van der Waals surface area (Å²) in [6.45, 7) is 5.20. The molecule has 1 aromatic carbocycles. The Morgan fingerprint density at radius 1 is 1.36 bits per heavy atom. The first kappa shape index (κ1) is 11.1. The van der Waals surface area contributed by atoms with Gasteiger partial charge in [-0.2, -0.15) is 0 Å². The number of benzene rings is 1. The zero-order valence-electron chi connectivity index (χ0n) is 8.71. The number of halogens is 1. The monoisotopic (exact) mass is 197 g/mol. The van der Waals surface area contributed by atoms with E-state index in [1.807, 2.05) is 6.92 Å². The fourth-order valence-corrected chi connectivity index (χ4v) is 1.48. The van der Waals surface area contributed by atoms with Crippen LogP contribution in [-0.4, -0.2) is 11.1 Å². The second-order valence-corrected chi connectivity index (χ2v) is 3.79. The van der Waals surface area contributed by atoms with Crippen molar-refractivity contribution < 1.29 is 9.50 Å². The summed E-state index contributed by atoms with van der Waals surface area (Å²) < 4.78 is 13.6. The second-order valence-electron chi connectivity index (χ2n) is 3.79. The van der Waals surface area contributed by atoms with Gasteiger partial charge in [-0.05, 0) is 26.3 Å². The highest BCUT2D eigenvalue weighted by Crippen LogP contribution is 2.23. The highest BCUT2D eigenvalue weighted by atomic mass is 19.1. The van der Waals surface area contributed by atoms with E-state index >= 15 is 0 Å². The Balaban J connectivity index is 3.20. The van der Waals surface area contributed by atoms with Gasteiger partial charge in [0.2, 0.25) is 0 Å². The lowest BCUT2D eigenvalue weighted by Gasteiger charge is -2.17. The summed E-state index contributed by atoms with van der Waals surface area (Å²) in [7, 11) is 0.